The van der Waals surface area contributed by atoms with Gasteiger partial charge in [-0.25, -0.2) is 9.18 Å². The molecule has 0 unspecified atom stereocenters. The zero-order chi connectivity index (χ0) is 17.0. The Morgan fingerprint density at radius 2 is 1.78 bits per heavy atom. The average Bonchev–Trinajstić information content (AvgIpc) is 2.56. The summed E-state index contributed by atoms with van der Waals surface area (Å²) in [6.07, 6.45) is -0.489. The van der Waals surface area contributed by atoms with Crippen molar-refractivity contribution in [1.29, 1.82) is 0 Å². The summed E-state index contributed by atoms with van der Waals surface area (Å²) in [5.74, 6) is -0.828. The highest BCUT2D eigenvalue weighted by Crippen LogP contribution is 2.18. The zero-order valence-corrected chi connectivity index (χ0v) is 13.1. The first-order valence-corrected chi connectivity index (χ1v) is 6.91. The number of benzene rings is 2. The van der Waals surface area contributed by atoms with Crippen LogP contribution in [0, 0.1) is 12.7 Å². The molecule has 1 N–H and O–H groups in total. The van der Waals surface area contributed by atoms with E-state index >= 15 is 0 Å². The Morgan fingerprint density at radius 3 is 2.35 bits per heavy atom. The molecule has 0 saturated heterocycles. The first-order chi connectivity index (χ1) is 10.9. The maximum Gasteiger partial charge on any atom is 0.413 e. The molecule has 0 atom stereocenters. The van der Waals surface area contributed by atoms with E-state index in [0.29, 0.717) is 16.9 Å². The zero-order valence-electron chi connectivity index (χ0n) is 13.1. The largest absolute Gasteiger partial charge is 0.452 e. The number of rotatable bonds is 3. The minimum Gasteiger partial charge on any atom is -0.452 e. The van der Waals surface area contributed by atoms with E-state index in [1.165, 1.54) is 18.1 Å². The van der Waals surface area contributed by atoms with Crippen molar-refractivity contribution in [1.82, 2.24) is 0 Å². The van der Waals surface area contributed by atoms with Gasteiger partial charge in [-0.15, -0.1) is 0 Å². The van der Waals surface area contributed by atoms with Gasteiger partial charge in [0.05, 0.1) is 7.11 Å². The van der Waals surface area contributed by atoms with Crippen LogP contribution in [-0.4, -0.2) is 26.2 Å². The van der Waals surface area contributed by atoms with Gasteiger partial charge < -0.3 is 10.1 Å². The molecule has 0 aliphatic rings. The second kappa shape index (κ2) is 6.91. The Morgan fingerprint density at radius 1 is 1.13 bits per heavy atom. The Kier molecular flexibility index (Phi) is 4.95. The third-order valence-corrected chi connectivity index (χ3v) is 3.39. The van der Waals surface area contributed by atoms with Gasteiger partial charge in [0.2, 0.25) is 0 Å². The number of nitrogens with zero attached hydrogens (tertiary/aromatic N) is 1. The molecule has 2 aromatic carbocycles. The van der Waals surface area contributed by atoms with Crippen molar-refractivity contribution in [3.63, 3.8) is 0 Å². The smallest absolute Gasteiger partial charge is 0.413 e. The fourth-order valence-corrected chi connectivity index (χ4v) is 1.95. The van der Waals surface area contributed by atoms with Crippen LogP contribution in [0.3, 0.4) is 0 Å². The maximum absolute atomic E-state index is 13.5. The van der Waals surface area contributed by atoms with Gasteiger partial charge in [-0.2, -0.15) is 0 Å². The number of halogens is 1. The Hall–Kier alpha value is -2.89. The van der Waals surface area contributed by atoms with Crippen molar-refractivity contribution in [2.24, 2.45) is 0 Å². The fourth-order valence-electron chi connectivity index (χ4n) is 1.95. The number of ether oxygens (including phenoxy) is 1. The SMILES string of the molecule is COC(=O)N(C)c1ccc(NC(=O)c2ccc(C)c(F)c2)cc1. The summed E-state index contributed by atoms with van der Waals surface area (Å²) in [7, 11) is 2.88. The number of methoxy groups -OCH3 is 1. The van der Waals surface area contributed by atoms with E-state index in [1.54, 1.807) is 50.4 Å². The summed E-state index contributed by atoms with van der Waals surface area (Å²) >= 11 is 0. The van der Waals surface area contributed by atoms with Crippen LogP contribution < -0.4 is 10.2 Å². The molecule has 2 aromatic rings. The maximum atomic E-state index is 13.5. The van der Waals surface area contributed by atoms with Gasteiger partial charge in [0.1, 0.15) is 5.82 Å². The third kappa shape index (κ3) is 3.85. The molecule has 23 heavy (non-hydrogen) atoms. The van der Waals surface area contributed by atoms with Gasteiger partial charge >= 0.3 is 6.09 Å². The van der Waals surface area contributed by atoms with Crippen LogP contribution in [0.5, 0.6) is 0 Å². The van der Waals surface area contributed by atoms with Crippen molar-refractivity contribution >= 4 is 23.4 Å². The van der Waals surface area contributed by atoms with Gasteiger partial charge in [-0.1, -0.05) is 6.07 Å². The molecule has 5 nitrogen and oxygen atoms in total. The summed E-state index contributed by atoms with van der Waals surface area (Å²) in [6.45, 7) is 1.63. The lowest BCUT2D eigenvalue weighted by atomic mass is 10.1. The average molecular weight is 316 g/mol. The predicted molar refractivity (Wildman–Crippen MR) is 86.3 cm³/mol. The van der Waals surface area contributed by atoms with Gasteiger partial charge in [0.15, 0.2) is 0 Å². The van der Waals surface area contributed by atoms with Crippen molar-refractivity contribution < 1.29 is 18.7 Å². The number of hydrogen-bond acceptors (Lipinski definition) is 3. The molecule has 0 spiro atoms. The Bertz CT molecular complexity index is 729. The van der Waals surface area contributed by atoms with Crippen LogP contribution in [0.15, 0.2) is 42.5 Å². The van der Waals surface area contributed by atoms with E-state index in [-0.39, 0.29) is 5.56 Å². The van der Waals surface area contributed by atoms with Gasteiger partial charge in [-0.05, 0) is 48.9 Å². The van der Waals surface area contributed by atoms with Crippen LogP contribution in [-0.2, 0) is 4.74 Å². The van der Waals surface area contributed by atoms with Crippen LogP contribution in [0.1, 0.15) is 15.9 Å². The molecule has 6 heteroatoms. The Balaban J connectivity index is 2.10. The number of aryl methyl sites for hydroxylation is 1. The highest BCUT2D eigenvalue weighted by Gasteiger charge is 2.11. The van der Waals surface area contributed by atoms with Crippen molar-refractivity contribution in [3.8, 4) is 0 Å². The lowest BCUT2D eigenvalue weighted by Crippen LogP contribution is -2.25. The van der Waals surface area contributed by atoms with E-state index in [9.17, 15) is 14.0 Å². The second-order valence-corrected chi connectivity index (χ2v) is 4.99. The fraction of sp³-hybridized carbons (Fsp3) is 0.176. The predicted octanol–water partition coefficient (Wildman–Crippen LogP) is 3.59. The number of carbonyl (C=O) groups is 2. The third-order valence-electron chi connectivity index (χ3n) is 3.39. The summed E-state index contributed by atoms with van der Waals surface area (Å²) in [5, 5.41) is 2.67. The molecule has 0 saturated carbocycles. The molecule has 0 aromatic heterocycles. The highest BCUT2D eigenvalue weighted by atomic mass is 19.1. The van der Waals surface area contributed by atoms with Crippen molar-refractivity contribution in [2.75, 3.05) is 24.4 Å². The number of nitrogens with one attached hydrogen (secondary N) is 1. The lowest BCUT2D eigenvalue weighted by molar-refractivity contribution is 0.102. The summed E-state index contributed by atoms with van der Waals surface area (Å²) < 4.78 is 18.1. The van der Waals surface area contributed by atoms with E-state index in [4.69, 9.17) is 0 Å². The van der Waals surface area contributed by atoms with Gasteiger partial charge in [0, 0.05) is 24.0 Å². The molecule has 0 aliphatic carbocycles. The van der Waals surface area contributed by atoms with Gasteiger partial charge in [0.25, 0.3) is 5.91 Å². The Labute approximate surface area is 133 Å². The molecule has 0 radical (unpaired) electrons. The topological polar surface area (TPSA) is 58.6 Å². The molecular weight excluding hydrogens is 299 g/mol. The molecule has 2 amide bonds. The molecule has 2 rings (SSSR count). The minimum absolute atomic E-state index is 0.240. The van der Waals surface area contributed by atoms with Crippen molar-refractivity contribution in [3.05, 3.63) is 59.4 Å². The normalized spacial score (nSPS) is 10.1. The first kappa shape index (κ1) is 16.5. The molecule has 0 bridgehead atoms. The minimum atomic E-state index is -0.489. The van der Waals surface area contributed by atoms with E-state index in [2.05, 4.69) is 10.1 Å². The summed E-state index contributed by atoms with van der Waals surface area (Å²) in [5.41, 5.74) is 1.88. The van der Waals surface area contributed by atoms with Crippen LogP contribution in [0.2, 0.25) is 0 Å². The molecule has 0 fully saturated rings. The van der Waals surface area contributed by atoms with E-state index in [1.807, 2.05) is 0 Å². The van der Waals surface area contributed by atoms with Crippen LogP contribution in [0.25, 0.3) is 0 Å². The number of anilines is 2. The lowest BCUT2D eigenvalue weighted by Gasteiger charge is -2.16. The quantitative estimate of drug-likeness (QED) is 0.941. The highest BCUT2D eigenvalue weighted by molar-refractivity contribution is 6.04. The molecule has 0 aliphatic heterocycles. The number of hydrogen-bond donors (Lipinski definition) is 1. The van der Waals surface area contributed by atoms with E-state index in [0.717, 1.165) is 0 Å². The standard InChI is InChI=1S/C17H17FN2O3/c1-11-4-5-12(10-15(11)18)16(21)19-13-6-8-14(9-7-13)20(2)17(22)23-3/h4-10H,1-3H3,(H,19,21). The molecular formula is C17H17FN2O3. The second-order valence-electron chi connectivity index (χ2n) is 4.99. The van der Waals surface area contributed by atoms with Crippen LogP contribution in [0.4, 0.5) is 20.6 Å². The summed E-state index contributed by atoms with van der Waals surface area (Å²) in [6, 6.07) is 11.0. The summed E-state index contributed by atoms with van der Waals surface area (Å²) in [4.78, 5) is 24.8. The molecule has 120 valence electrons. The van der Waals surface area contributed by atoms with Gasteiger partial charge in [-0.3, -0.25) is 9.69 Å². The molecule has 0 heterocycles. The van der Waals surface area contributed by atoms with E-state index < -0.39 is 17.8 Å². The monoisotopic (exact) mass is 316 g/mol. The van der Waals surface area contributed by atoms with Crippen molar-refractivity contribution in [2.45, 2.75) is 6.92 Å². The number of amides is 2. The van der Waals surface area contributed by atoms with Crippen LogP contribution >= 0.6 is 0 Å². The number of carbonyl (C=O) groups excluding carboxylic acids is 2. The first-order valence-electron chi connectivity index (χ1n) is 6.91.